The van der Waals surface area contributed by atoms with Gasteiger partial charge in [0, 0.05) is 12.4 Å². The van der Waals surface area contributed by atoms with Crippen LogP contribution in [0.1, 0.15) is 0 Å². The van der Waals surface area contributed by atoms with Crippen LogP contribution >= 0.6 is 0 Å². The summed E-state index contributed by atoms with van der Waals surface area (Å²) in [5.74, 6) is 0.323. The number of hydrogen-bond donors (Lipinski definition) is 0. The van der Waals surface area contributed by atoms with Crippen LogP contribution in [0.2, 0.25) is 0 Å². The molecule has 69 valence electrons. The minimum Gasteiger partial charge on any atom is -0.454 e. The van der Waals surface area contributed by atoms with Crippen molar-refractivity contribution >= 4 is 0 Å². The molecule has 0 aliphatic heterocycles. The lowest BCUT2D eigenvalue weighted by atomic mass is 10.3. The molecule has 0 fully saturated rings. The first-order valence-electron chi connectivity index (χ1n) is 4.10. The molecule has 0 aliphatic rings. The molecular formula is C11H7FNO. The summed E-state index contributed by atoms with van der Waals surface area (Å²) in [4.78, 5) is 3.83. The number of rotatable bonds is 2. The zero-order chi connectivity index (χ0) is 9.80. The van der Waals surface area contributed by atoms with Crippen LogP contribution in [0.4, 0.5) is 4.39 Å². The molecule has 1 heterocycles. The predicted octanol–water partition coefficient (Wildman–Crippen LogP) is 2.81. The standard InChI is InChI=1S/C11H7FNO/c12-10-3-1-2-4-11(10)14-9-5-7-13-8-6-9/h2-8H. The van der Waals surface area contributed by atoms with Crippen LogP contribution < -0.4 is 4.74 Å². The maximum atomic E-state index is 13.1. The van der Waals surface area contributed by atoms with Crippen LogP contribution in [0.25, 0.3) is 0 Å². The van der Waals surface area contributed by atoms with Crippen LogP contribution in [0.5, 0.6) is 11.5 Å². The third-order valence-corrected chi connectivity index (χ3v) is 1.65. The molecule has 2 rings (SSSR count). The van der Waals surface area contributed by atoms with Gasteiger partial charge in [-0.25, -0.2) is 4.39 Å². The first-order chi connectivity index (χ1) is 6.86. The van der Waals surface area contributed by atoms with E-state index in [2.05, 4.69) is 11.1 Å². The lowest BCUT2D eigenvalue weighted by molar-refractivity contribution is 0.441. The summed E-state index contributed by atoms with van der Waals surface area (Å²) in [6.45, 7) is 0. The Balaban J connectivity index is 2.24. The summed E-state index contributed by atoms with van der Waals surface area (Å²) < 4.78 is 18.4. The van der Waals surface area contributed by atoms with Crippen molar-refractivity contribution in [1.82, 2.24) is 4.98 Å². The molecular weight excluding hydrogens is 181 g/mol. The van der Waals surface area contributed by atoms with Crippen molar-refractivity contribution in [2.75, 3.05) is 0 Å². The van der Waals surface area contributed by atoms with Gasteiger partial charge in [-0.2, -0.15) is 0 Å². The Hall–Kier alpha value is -1.90. The van der Waals surface area contributed by atoms with Gasteiger partial charge in [0.2, 0.25) is 0 Å². The van der Waals surface area contributed by atoms with Crippen molar-refractivity contribution in [3.05, 3.63) is 54.6 Å². The fraction of sp³-hybridized carbons (Fsp3) is 0. The maximum absolute atomic E-state index is 13.1. The molecule has 0 atom stereocenters. The van der Waals surface area contributed by atoms with E-state index in [1.54, 1.807) is 30.6 Å². The van der Waals surface area contributed by atoms with E-state index >= 15 is 0 Å². The fourth-order valence-corrected chi connectivity index (χ4v) is 1.01. The molecule has 3 heteroatoms. The molecule has 0 saturated heterocycles. The van der Waals surface area contributed by atoms with Gasteiger partial charge in [-0.15, -0.1) is 0 Å². The molecule has 1 aromatic carbocycles. The average molecular weight is 188 g/mol. The van der Waals surface area contributed by atoms with Gasteiger partial charge in [0.25, 0.3) is 0 Å². The second-order valence-corrected chi connectivity index (χ2v) is 2.64. The van der Waals surface area contributed by atoms with Gasteiger partial charge < -0.3 is 4.74 Å². The highest BCUT2D eigenvalue weighted by atomic mass is 19.1. The number of aromatic nitrogens is 1. The largest absolute Gasteiger partial charge is 0.454 e. The Morgan fingerprint density at radius 2 is 2.00 bits per heavy atom. The van der Waals surface area contributed by atoms with Crippen molar-refractivity contribution in [2.24, 2.45) is 0 Å². The molecule has 2 nitrogen and oxygen atoms in total. The van der Waals surface area contributed by atoms with Crippen LogP contribution in [-0.2, 0) is 0 Å². The monoisotopic (exact) mass is 188 g/mol. The Kier molecular flexibility index (Phi) is 2.40. The van der Waals surface area contributed by atoms with Crippen LogP contribution in [-0.4, -0.2) is 4.98 Å². The smallest absolute Gasteiger partial charge is 0.166 e. The highest BCUT2D eigenvalue weighted by molar-refractivity contribution is 5.30. The van der Waals surface area contributed by atoms with Crippen molar-refractivity contribution in [3.8, 4) is 11.5 Å². The number of nitrogens with zero attached hydrogens (tertiary/aromatic N) is 1. The highest BCUT2D eigenvalue weighted by Gasteiger charge is 2.01. The van der Waals surface area contributed by atoms with Crippen LogP contribution in [0.3, 0.4) is 0 Å². The zero-order valence-corrected chi connectivity index (χ0v) is 7.27. The molecule has 1 aromatic heterocycles. The van der Waals surface area contributed by atoms with Crippen LogP contribution in [0.15, 0.2) is 42.7 Å². The van der Waals surface area contributed by atoms with Gasteiger partial charge >= 0.3 is 0 Å². The molecule has 0 unspecified atom stereocenters. The van der Waals surface area contributed by atoms with Gasteiger partial charge in [-0.3, -0.25) is 4.98 Å². The molecule has 0 N–H and O–H groups in total. The SMILES string of the molecule is Fc1c[c]ccc1Oc1ccncc1. The topological polar surface area (TPSA) is 22.1 Å². The van der Waals surface area contributed by atoms with Gasteiger partial charge in [-0.05, 0) is 30.3 Å². The minimum absolute atomic E-state index is 0.190. The third-order valence-electron chi connectivity index (χ3n) is 1.65. The summed E-state index contributed by atoms with van der Waals surface area (Å²) >= 11 is 0. The third kappa shape index (κ3) is 1.88. The second-order valence-electron chi connectivity index (χ2n) is 2.64. The van der Waals surface area contributed by atoms with E-state index in [-0.39, 0.29) is 5.75 Å². The number of halogens is 1. The van der Waals surface area contributed by atoms with E-state index in [0.29, 0.717) is 5.75 Å². The summed E-state index contributed by atoms with van der Waals surface area (Å²) in [6.07, 6.45) is 3.17. The van der Waals surface area contributed by atoms with E-state index in [1.807, 2.05) is 0 Å². The predicted molar refractivity (Wildman–Crippen MR) is 49.5 cm³/mol. The summed E-state index contributed by atoms with van der Waals surface area (Å²) in [5.41, 5.74) is 0. The lowest BCUT2D eigenvalue weighted by Gasteiger charge is -2.04. The molecule has 0 saturated carbocycles. The van der Waals surface area contributed by atoms with E-state index in [9.17, 15) is 4.39 Å². The molecule has 0 bridgehead atoms. The lowest BCUT2D eigenvalue weighted by Crippen LogP contribution is -1.87. The normalized spacial score (nSPS) is 9.79. The first kappa shape index (κ1) is 8.69. The molecule has 0 amide bonds. The molecule has 0 spiro atoms. The van der Waals surface area contributed by atoms with Crippen molar-refractivity contribution in [2.45, 2.75) is 0 Å². The highest BCUT2D eigenvalue weighted by Crippen LogP contribution is 2.22. The van der Waals surface area contributed by atoms with E-state index in [0.717, 1.165) is 0 Å². The summed E-state index contributed by atoms with van der Waals surface area (Å²) in [6, 6.07) is 10.3. The molecule has 0 aliphatic carbocycles. The van der Waals surface area contributed by atoms with Gasteiger partial charge in [0.15, 0.2) is 11.6 Å². The van der Waals surface area contributed by atoms with Crippen molar-refractivity contribution < 1.29 is 9.13 Å². The Morgan fingerprint density at radius 1 is 1.21 bits per heavy atom. The number of benzene rings is 1. The number of pyridine rings is 1. The Labute approximate surface area is 81.0 Å². The van der Waals surface area contributed by atoms with Gasteiger partial charge in [0.1, 0.15) is 5.75 Å². The number of ether oxygens (including phenoxy) is 1. The number of hydrogen-bond acceptors (Lipinski definition) is 2. The minimum atomic E-state index is -0.427. The maximum Gasteiger partial charge on any atom is 0.166 e. The summed E-state index contributed by atoms with van der Waals surface area (Å²) in [5, 5.41) is 0. The van der Waals surface area contributed by atoms with Gasteiger partial charge in [-0.1, -0.05) is 6.07 Å². The fourth-order valence-electron chi connectivity index (χ4n) is 1.01. The quantitative estimate of drug-likeness (QED) is 0.722. The average Bonchev–Trinajstić information content (AvgIpc) is 2.23. The molecule has 1 radical (unpaired) electrons. The van der Waals surface area contributed by atoms with E-state index in [4.69, 9.17) is 4.74 Å². The first-order valence-corrected chi connectivity index (χ1v) is 4.10. The Bertz CT molecular complexity index is 417. The van der Waals surface area contributed by atoms with Crippen LogP contribution in [0, 0.1) is 11.9 Å². The van der Waals surface area contributed by atoms with Crippen molar-refractivity contribution in [1.29, 1.82) is 0 Å². The molecule has 2 aromatic rings. The van der Waals surface area contributed by atoms with E-state index < -0.39 is 5.82 Å². The second kappa shape index (κ2) is 3.87. The van der Waals surface area contributed by atoms with Gasteiger partial charge in [0.05, 0.1) is 0 Å². The van der Waals surface area contributed by atoms with Crippen molar-refractivity contribution in [3.63, 3.8) is 0 Å². The zero-order valence-electron chi connectivity index (χ0n) is 7.27. The molecule has 14 heavy (non-hydrogen) atoms. The Morgan fingerprint density at radius 3 is 2.71 bits per heavy atom. The summed E-state index contributed by atoms with van der Waals surface area (Å²) in [7, 11) is 0. The van der Waals surface area contributed by atoms with E-state index in [1.165, 1.54) is 12.1 Å².